The van der Waals surface area contributed by atoms with Gasteiger partial charge in [0.05, 0.1) is 32.2 Å². The van der Waals surface area contributed by atoms with Crippen molar-refractivity contribution in [1.82, 2.24) is 9.73 Å². The summed E-state index contributed by atoms with van der Waals surface area (Å²) in [6.07, 6.45) is 3.94. The highest BCUT2D eigenvalue weighted by atomic mass is 32.2. The minimum Gasteiger partial charge on any atom is -0.376 e. The fourth-order valence-electron chi connectivity index (χ4n) is 2.95. The molecule has 0 aromatic heterocycles. The van der Waals surface area contributed by atoms with Gasteiger partial charge >= 0.3 is 0 Å². The quantitative estimate of drug-likeness (QED) is 0.515. The molecular weight excluding hydrogens is 282 g/mol. The molecule has 2 fully saturated rings. The van der Waals surface area contributed by atoms with E-state index in [4.69, 9.17) is 15.3 Å². The van der Waals surface area contributed by atoms with Crippen LogP contribution in [0.3, 0.4) is 0 Å². The average Bonchev–Trinajstić information content (AvgIpc) is 2.45. The van der Waals surface area contributed by atoms with Crippen LogP contribution in [-0.2, 0) is 19.5 Å². The van der Waals surface area contributed by atoms with Gasteiger partial charge in [-0.05, 0) is 25.2 Å². The van der Waals surface area contributed by atoms with Gasteiger partial charge in [0.1, 0.15) is 0 Å². The number of nitrogens with two attached hydrogens (primary N) is 1. The summed E-state index contributed by atoms with van der Waals surface area (Å²) in [5, 5.41) is 0. The molecule has 0 aromatic carbocycles. The number of nitrogens with zero attached hydrogens (tertiary/aromatic N) is 1. The molecule has 0 radical (unpaired) electrons. The predicted molar refractivity (Wildman–Crippen MR) is 75.4 cm³/mol. The fourth-order valence-corrected chi connectivity index (χ4v) is 3.89. The maximum absolute atomic E-state index is 11.6. The number of hydrogen-bond acceptors (Lipinski definition) is 6. The molecule has 2 saturated heterocycles. The van der Waals surface area contributed by atoms with Gasteiger partial charge in [0.15, 0.2) is 0 Å². The molecule has 0 spiro atoms. The Kier molecular flexibility index (Phi) is 5.76. The van der Waals surface area contributed by atoms with E-state index in [0.29, 0.717) is 38.8 Å². The molecule has 3 unspecified atom stereocenters. The van der Waals surface area contributed by atoms with Gasteiger partial charge in [-0.15, -0.1) is 0 Å². The molecule has 2 heterocycles. The molecule has 0 saturated carbocycles. The van der Waals surface area contributed by atoms with Crippen LogP contribution in [0.2, 0.25) is 0 Å². The molecule has 0 bridgehead atoms. The number of ether oxygens (including phenoxy) is 2. The smallest absolute Gasteiger partial charge is 0.211 e. The molecule has 3 N–H and O–H groups in total. The average molecular weight is 307 g/mol. The third-order valence-corrected chi connectivity index (χ3v) is 5.31. The van der Waals surface area contributed by atoms with Crippen LogP contribution in [0.25, 0.3) is 0 Å². The van der Waals surface area contributed by atoms with E-state index in [0.717, 1.165) is 19.3 Å². The van der Waals surface area contributed by atoms with Crippen LogP contribution in [0.1, 0.15) is 19.3 Å². The largest absolute Gasteiger partial charge is 0.376 e. The van der Waals surface area contributed by atoms with Crippen molar-refractivity contribution in [2.75, 3.05) is 39.2 Å². The number of rotatable bonds is 5. The minimum atomic E-state index is -3.10. The second-order valence-electron chi connectivity index (χ2n) is 5.62. The molecule has 3 atom stereocenters. The Balaban J connectivity index is 1.90. The Morgan fingerprint density at radius 1 is 1.45 bits per heavy atom. The van der Waals surface area contributed by atoms with Gasteiger partial charge in [-0.3, -0.25) is 11.3 Å². The van der Waals surface area contributed by atoms with Crippen LogP contribution in [0.15, 0.2) is 0 Å². The van der Waals surface area contributed by atoms with Crippen LogP contribution in [0, 0.1) is 5.92 Å². The van der Waals surface area contributed by atoms with E-state index in [1.54, 1.807) is 4.31 Å². The number of hydrazine groups is 1. The summed E-state index contributed by atoms with van der Waals surface area (Å²) in [7, 11) is -3.10. The first-order valence-electron chi connectivity index (χ1n) is 7.11. The molecular formula is C12H25N3O4S. The molecule has 0 aromatic rings. The Hall–Kier alpha value is -0.250. The summed E-state index contributed by atoms with van der Waals surface area (Å²) in [5.41, 5.74) is 2.80. The van der Waals surface area contributed by atoms with Crippen molar-refractivity contribution in [3.8, 4) is 0 Å². The lowest BCUT2D eigenvalue weighted by Crippen LogP contribution is -2.51. The Labute approximate surface area is 120 Å². The summed E-state index contributed by atoms with van der Waals surface area (Å²) in [6.45, 7) is 2.95. The molecule has 2 aliphatic heterocycles. The van der Waals surface area contributed by atoms with Gasteiger partial charge in [-0.2, -0.15) is 0 Å². The molecule has 118 valence electrons. The maximum Gasteiger partial charge on any atom is 0.211 e. The van der Waals surface area contributed by atoms with Crippen LogP contribution in [0.4, 0.5) is 0 Å². The van der Waals surface area contributed by atoms with E-state index in [2.05, 4.69) is 5.43 Å². The topological polar surface area (TPSA) is 93.9 Å². The lowest BCUT2D eigenvalue weighted by molar-refractivity contribution is -0.104. The summed E-state index contributed by atoms with van der Waals surface area (Å²) in [5.74, 6) is 5.93. The van der Waals surface area contributed by atoms with Crippen molar-refractivity contribution in [3.05, 3.63) is 0 Å². The predicted octanol–water partition coefficient (Wildman–Crippen LogP) is -0.705. The summed E-state index contributed by atoms with van der Waals surface area (Å²) in [4.78, 5) is 0. The minimum absolute atomic E-state index is 0.000176. The van der Waals surface area contributed by atoms with E-state index >= 15 is 0 Å². The number of nitrogens with one attached hydrogen (secondary N) is 1. The number of piperidine rings is 1. The fraction of sp³-hybridized carbons (Fsp3) is 1.00. The second kappa shape index (κ2) is 7.15. The lowest BCUT2D eigenvalue weighted by atomic mass is 9.90. The molecule has 2 aliphatic rings. The zero-order valence-corrected chi connectivity index (χ0v) is 12.8. The van der Waals surface area contributed by atoms with Crippen LogP contribution >= 0.6 is 0 Å². The van der Waals surface area contributed by atoms with Crippen LogP contribution in [-0.4, -0.2) is 64.0 Å². The Morgan fingerprint density at radius 3 is 2.85 bits per heavy atom. The van der Waals surface area contributed by atoms with Gasteiger partial charge in [-0.25, -0.2) is 12.7 Å². The van der Waals surface area contributed by atoms with Crippen molar-refractivity contribution in [3.63, 3.8) is 0 Å². The van der Waals surface area contributed by atoms with Crippen molar-refractivity contribution in [2.45, 2.75) is 31.4 Å². The summed E-state index contributed by atoms with van der Waals surface area (Å²) < 4.78 is 35.9. The zero-order chi connectivity index (χ0) is 14.6. The molecule has 8 heteroatoms. The highest BCUT2D eigenvalue weighted by Crippen LogP contribution is 2.24. The van der Waals surface area contributed by atoms with Crippen LogP contribution in [0.5, 0.6) is 0 Å². The van der Waals surface area contributed by atoms with Gasteiger partial charge in [-0.1, -0.05) is 0 Å². The molecule has 0 aliphatic carbocycles. The summed E-state index contributed by atoms with van der Waals surface area (Å²) >= 11 is 0. The normalized spacial score (nSPS) is 31.1. The van der Waals surface area contributed by atoms with Gasteiger partial charge in [0.25, 0.3) is 0 Å². The van der Waals surface area contributed by atoms with Gasteiger partial charge < -0.3 is 9.47 Å². The van der Waals surface area contributed by atoms with Gasteiger partial charge in [0.2, 0.25) is 10.0 Å². The highest BCUT2D eigenvalue weighted by molar-refractivity contribution is 7.88. The third kappa shape index (κ3) is 4.37. The van der Waals surface area contributed by atoms with Crippen molar-refractivity contribution >= 4 is 10.0 Å². The second-order valence-corrected chi connectivity index (χ2v) is 7.60. The lowest BCUT2D eigenvalue weighted by Gasteiger charge is -2.36. The zero-order valence-electron chi connectivity index (χ0n) is 12.0. The molecule has 2 rings (SSSR count). The van der Waals surface area contributed by atoms with E-state index in [1.165, 1.54) is 6.26 Å². The van der Waals surface area contributed by atoms with Crippen molar-refractivity contribution in [1.29, 1.82) is 0 Å². The van der Waals surface area contributed by atoms with E-state index in [9.17, 15) is 8.42 Å². The van der Waals surface area contributed by atoms with Crippen molar-refractivity contribution in [2.24, 2.45) is 11.8 Å². The first-order valence-corrected chi connectivity index (χ1v) is 8.96. The third-order valence-electron chi connectivity index (χ3n) is 4.04. The standard InChI is InChI=1S/C12H25N3O4S/c1-20(16,17)15-4-2-3-10(8-15)7-11(14-13)12-9-18-5-6-19-12/h10-12,14H,2-9,13H2,1H3. The van der Waals surface area contributed by atoms with Gasteiger partial charge in [0, 0.05) is 19.1 Å². The Morgan fingerprint density at radius 2 is 2.25 bits per heavy atom. The number of sulfonamides is 1. The first-order chi connectivity index (χ1) is 9.50. The highest BCUT2D eigenvalue weighted by Gasteiger charge is 2.31. The Bertz CT molecular complexity index is 398. The van der Waals surface area contributed by atoms with E-state index in [-0.39, 0.29) is 12.1 Å². The molecule has 20 heavy (non-hydrogen) atoms. The van der Waals surface area contributed by atoms with E-state index < -0.39 is 10.0 Å². The van der Waals surface area contributed by atoms with Crippen molar-refractivity contribution < 1.29 is 17.9 Å². The SMILES string of the molecule is CS(=O)(=O)N1CCCC(CC(NN)C2COCCO2)C1. The van der Waals surface area contributed by atoms with Crippen LogP contribution < -0.4 is 11.3 Å². The summed E-state index contributed by atoms with van der Waals surface area (Å²) in [6, 6.07) is -0.000176. The maximum atomic E-state index is 11.6. The molecule has 0 amide bonds. The molecule has 7 nitrogen and oxygen atoms in total. The number of hydrogen-bond donors (Lipinski definition) is 2. The first kappa shape index (κ1) is 16.1. The van der Waals surface area contributed by atoms with E-state index in [1.807, 2.05) is 0 Å². The monoisotopic (exact) mass is 307 g/mol.